The van der Waals surface area contributed by atoms with E-state index in [4.69, 9.17) is 4.98 Å². The Morgan fingerprint density at radius 2 is 1.91 bits per heavy atom. The van der Waals surface area contributed by atoms with Gasteiger partial charge in [-0.15, -0.1) is 10.2 Å². The number of amides is 1. The molecule has 2 aromatic carbocycles. The Bertz CT molecular complexity index is 1860. The van der Waals surface area contributed by atoms with Crippen LogP contribution in [0.2, 0.25) is 0 Å². The third kappa shape index (κ3) is 6.72. The number of pyridine rings is 1. The molecule has 0 bridgehead atoms. The van der Waals surface area contributed by atoms with Crippen molar-refractivity contribution in [2.24, 2.45) is 18.9 Å². The molecule has 1 saturated heterocycles. The standard InChI is InChI=1S/C35H37F3N8O/c1-21(2)16-40-31-13-25(27-10-23(15-39)7-8-26(27)33-43-41-20-44(33)4)14-32(42-31)46-19-29-28(34(46)47)11-24(12-30(29)35(36,37)38)18-45-9-5-6-22(3)17-45/h7-8,10-14,20-22H,5-6,9,16-19H2,1-4H3,(H,40,42)/t22-/m0/s1. The molecule has 12 heteroatoms. The van der Waals surface area contributed by atoms with Crippen LogP contribution < -0.4 is 10.2 Å². The molecule has 2 aliphatic rings. The molecule has 1 atom stereocenters. The number of hydrogen-bond donors (Lipinski definition) is 1. The first kappa shape index (κ1) is 32.2. The first-order valence-corrected chi connectivity index (χ1v) is 15.8. The van der Waals surface area contributed by atoms with Gasteiger partial charge in [-0.2, -0.15) is 18.4 Å². The first-order valence-electron chi connectivity index (χ1n) is 15.8. The van der Waals surface area contributed by atoms with Crippen LogP contribution in [0.1, 0.15) is 66.2 Å². The van der Waals surface area contributed by atoms with Crippen LogP contribution in [0.4, 0.5) is 24.8 Å². The number of likely N-dealkylation sites (tertiary alicyclic amines) is 1. The molecule has 6 rings (SSSR count). The highest BCUT2D eigenvalue weighted by molar-refractivity contribution is 6.10. The van der Waals surface area contributed by atoms with Gasteiger partial charge in [-0.05, 0) is 95.9 Å². The molecule has 1 amide bonds. The van der Waals surface area contributed by atoms with Crippen LogP contribution >= 0.6 is 0 Å². The molecule has 0 unspecified atom stereocenters. The van der Waals surface area contributed by atoms with E-state index in [0.717, 1.165) is 25.9 Å². The van der Waals surface area contributed by atoms with E-state index in [1.54, 1.807) is 41.2 Å². The second kappa shape index (κ2) is 12.8. The number of piperidine rings is 1. The minimum absolute atomic E-state index is 0.0478. The topological polar surface area (TPSA) is 103 Å². The summed E-state index contributed by atoms with van der Waals surface area (Å²) in [5.41, 5.74) is 2.07. The van der Waals surface area contributed by atoms with Gasteiger partial charge in [-0.3, -0.25) is 14.6 Å². The van der Waals surface area contributed by atoms with Crippen LogP contribution in [0.25, 0.3) is 22.5 Å². The Hall–Kier alpha value is -4.76. The fraction of sp³-hybridized carbons (Fsp3) is 0.400. The Kier molecular flexibility index (Phi) is 8.76. The van der Waals surface area contributed by atoms with Crippen molar-refractivity contribution in [3.05, 3.63) is 76.6 Å². The van der Waals surface area contributed by atoms with Crippen molar-refractivity contribution in [1.29, 1.82) is 5.26 Å². The summed E-state index contributed by atoms with van der Waals surface area (Å²) in [5.74, 6) is 1.44. The molecule has 2 aromatic heterocycles. The zero-order valence-electron chi connectivity index (χ0n) is 26.9. The van der Waals surface area contributed by atoms with Crippen LogP contribution in [-0.4, -0.2) is 50.2 Å². The fourth-order valence-electron chi connectivity index (χ4n) is 6.47. The SMILES string of the molecule is CC(C)CNc1cc(-c2cc(C#N)ccc2-c2nncn2C)cc(N2Cc3c(cc(CN4CCC[C@H](C)C4)cc3C(F)(F)F)C2=O)n1. The largest absolute Gasteiger partial charge is 0.416 e. The summed E-state index contributed by atoms with van der Waals surface area (Å²) in [6.07, 6.45) is -0.963. The summed E-state index contributed by atoms with van der Waals surface area (Å²) in [5, 5.41) is 21.3. The number of alkyl halides is 3. The highest BCUT2D eigenvalue weighted by atomic mass is 19.4. The summed E-state index contributed by atoms with van der Waals surface area (Å²) < 4.78 is 45.3. The second-order valence-electron chi connectivity index (χ2n) is 13.1. The van der Waals surface area contributed by atoms with Gasteiger partial charge in [-0.25, -0.2) is 4.98 Å². The third-order valence-corrected chi connectivity index (χ3v) is 8.75. The number of aromatic nitrogens is 4. The van der Waals surface area contributed by atoms with Crippen LogP contribution in [0.5, 0.6) is 0 Å². The molecule has 1 fully saturated rings. The minimum Gasteiger partial charge on any atom is -0.370 e. The van der Waals surface area contributed by atoms with Crippen molar-refractivity contribution >= 4 is 17.5 Å². The van der Waals surface area contributed by atoms with Gasteiger partial charge < -0.3 is 9.88 Å². The van der Waals surface area contributed by atoms with Crippen molar-refractivity contribution < 1.29 is 18.0 Å². The number of fused-ring (bicyclic) bond motifs is 1. The fourth-order valence-corrected chi connectivity index (χ4v) is 6.47. The van der Waals surface area contributed by atoms with Crippen molar-refractivity contribution in [2.45, 2.75) is 52.9 Å². The van der Waals surface area contributed by atoms with Gasteiger partial charge in [0.05, 0.1) is 23.7 Å². The molecule has 47 heavy (non-hydrogen) atoms. The first-order chi connectivity index (χ1) is 22.4. The lowest BCUT2D eigenvalue weighted by atomic mass is 9.96. The second-order valence-corrected chi connectivity index (χ2v) is 13.1. The number of nitriles is 1. The number of nitrogens with zero attached hydrogens (tertiary/aromatic N) is 7. The molecule has 4 heterocycles. The maximum Gasteiger partial charge on any atom is 0.416 e. The van der Waals surface area contributed by atoms with Gasteiger partial charge in [0.15, 0.2) is 5.82 Å². The van der Waals surface area contributed by atoms with E-state index in [-0.39, 0.29) is 29.4 Å². The van der Waals surface area contributed by atoms with Crippen LogP contribution in [-0.2, 0) is 26.3 Å². The normalized spacial score (nSPS) is 16.9. The monoisotopic (exact) mass is 642 g/mol. The number of anilines is 2. The van der Waals surface area contributed by atoms with Crippen molar-refractivity contribution in [3.8, 4) is 28.6 Å². The molecule has 0 spiro atoms. The average Bonchev–Trinajstić information content (AvgIpc) is 3.61. The molecule has 1 N–H and O–H groups in total. The van der Waals surface area contributed by atoms with Crippen molar-refractivity contribution in [3.63, 3.8) is 0 Å². The van der Waals surface area contributed by atoms with E-state index >= 15 is 0 Å². The molecule has 0 saturated carbocycles. The van der Waals surface area contributed by atoms with Crippen LogP contribution in [0, 0.1) is 23.2 Å². The lowest BCUT2D eigenvalue weighted by Gasteiger charge is -2.31. The van der Waals surface area contributed by atoms with E-state index in [1.165, 1.54) is 11.0 Å². The van der Waals surface area contributed by atoms with Gasteiger partial charge in [0.25, 0.3) is 5.91 Å². The van der Waals surface area contributed by atoms with Crippen LogP contribution in [0.3, 0.4) is 0 Å². The predicted molar refractivity (Wildman–Crippen MR) is 173 cm³/mol. The van der Waals surface area contributed by atoms with Gasteiger partial charge in [0.1, 0.15) is 18.0 Å². The molecule has 244 valence electrons. The lowest BCUT2D eigenvalue weighted by molar-refractivity contribution is -0.138. The summed E-state index contributed by atoms with van der Waals surface area (Å²) in [6.45, 7) is 8.53. The van der Waals surface area contributed by atoms with E-state index in [0.29, 0.717) is 58.5 Å². The zero-order chi connectivity index (χ0) is 33.5. The Morgan fingerprint density at radius 1 is 1.11 bits per heavy atom. The molecule has 2 aliphatic heterocycles. The Balaban J connectivity index is 1.44. The molecule has 4 aromatic rings. The quantitative estimate of drug-likeness (QED) is 0.223. The zero-order valence-corrected chi connectivity index (χ0v) is 26.9. The van der Waals surface area contributed by atoms with E-state index in [9.17, 15) is 23.2 Å². The highest BCUT2D eigenvalue weighted by Crippen LogP contribution is 2.41. The predicted octanol–water partition coefficient (Wildman–Crippen LogP) is 6.89. The maximum absolute atomic E-state index is 14.5. The van der Waals surface area contributed by atoms with Crippen LogP contribution in [0.15, 0.2) is 48.8 Å². The number of nitrogens with one attached hydrogen (secondary N) is 1. The maximum atomic E-state index is 14.5. The molecular formula is C35H37F3N8O. The molecule has 9 nitrogen and oxygen atoms in total. The molecular weight excluding hydrogens is 605 g/mol. The summed E-state index contributed by atoms with van der Waals surface area (Å²) in [4.78, 5) is 22.2. The van der Waals surface area contributed by atoms with E-state index < -0.39 is 17.6 Å². The average molecular weight is 643 g/mol. The molecule has 0 aliphatic carbocycles. The minimum atomic E-state index is -4.63. The number of benzene rings is 2. The summed E-state index contributed by atoms with van der Waals surface area (Å²) >= 11 is 0. The van der Waals surface area contributed by atoms with Gasteiger partial charge in [0.2, 0.25) is 0 Å². The smallest absolute Gasteiger partial charge is 0.370 e. The van der Waals surface area contributed by atoms with E-state index in [2.05, 4.69) is 33.4 Å². The molecule has 0 radical (unpaired) electrons. The van der Waals surface area contributed by atoms with Gasteiger partial charge >= 0.3 is 6.18 Å². The third-order valence-electron chi connectivity index (χ3n) is 8.75. The number of carbonyl (C=O) groups is 1. The number of carbonyl (C=O) groups excluding carboxylic acids is 1. The van der Waals surface area contributed by atoms with Crippen molar-refractivity contribution in [2.75, 3.05) is 29.9 Å². The highest BCUT2D eigenvalue weighted by Gasteiger charge is 2.41. The summed E-state index contributed by atoms with van der Waals surface area (Å²) in [6, 6.07) is 13.7. The van der Waals surface area contributed by atoms with Gasteiger partial charge in [0, 0.05) is 37.8 Å². The Morgan fingerprint density at radius 3 is 2.60 bits per heavy atom. The summed E-state index contributed by atoms with van der Waals surface area (Å²) in [7, 11) is 1.81. The number of hydrogen-bond acceptors (Lipinski definition) is 7. The number of aryl methyl sites for hydroxylation is 1. The Labute approximate surface area is 272 Å². The number of rotatable bonds is 8. The van der Waals surface area contributed by atoms with Gasteiger partial charge in [-0.1, -0.05) is 20.8 Å². The van der Waals surface area contributed by atoms with E-state index in [1.807, 2.05) is 27.0 Å². The number of halogens is 3. The van der Waals surface area contributed by atoms with Crippen molar-refractivity contribution in [1.82, 2.24) is 24.6 Å². The lowest BCUT2D eigenvalue weighted by Crippen LogP contribution is -2.33.